The van der Waals surface area contributed by atoms with E-state index in [1.54, 1.807) is 6.92 Å². The van der Waals surface area contributed by atoms with E-state index in [2.05, 4.69) is 17.6 Å². The average Bonchev–Trinajstić information content (AvgIpc) is 2.55. The Morgan fingerprint density at radius 2 is 1.58 bits per heavy atom. The van der Waals surface area contributed by atoms with Crippen LogP contribution in [0.5, 0.6) is 0 Å². The normalized spacial score (nSPS) is 12.5. The Hall–Kier alpha value is -2.38. The first kappa shape index (κ1) is 18.0. The van der Waals surface area contributed by atoms with Gasteiger partial charge in [-0.1, -0.05) is 19.1 Å². The van der Waals surface area contributed by atoms with Gasteiger partial charge in [0.2, 0.25) is 15.9 Å². The number of hydrogen-bond donors (Lipinski definition) is 3. The van der Waals surface area contributed by atoms with Crippen LogP contribution in [0, 0.1) is 0 Å². The molecule has 0 radical (unpaired) electrons. The van der Waals surface area contributed by atoms with E-state index in [0.717, 1.165) is 12.1 Å². The lowest BCUT2D eigenvalue weighted by molar-refractivity contribution is -0.116. The minimum absolute atomic E-state index is 0.00249. The van der Waals surface area contributed by atoms with Crippen molar-refractivity contribution in [3.8, 4) is 0 Å². The number of carbonyl (C=O) groups is 1. The smallest absolute Gasteiger partial charge is 0.246 e. The zero-order valence-corrected chi connectivity index (χ0v) is 14.4. The van der Waals surface area contributed by atoms with E-state index < -0.39 is 16.1 Å². The summed E-state index contributed by atoms with van der Waals surface area (Å²) in [4.78, 5) is 12.2. The summed E-state index contributed by atoms with van der Waals surface area (Å²) in [6, 6.07) is 13.2. The Kier molecular flexibility index (Phi) is 5.58. The number of hydrogen-bond acceptors (Lipinski definition) is 4. The summed E-state index contributed by atoms with van der Waals surface area (Å²) in [5.41, 5.74) is 2.59. The highest BCUT2D eigenvalue weighted by molar-refractivity contribution is 7.89. The third kappa shape index (κ3) is 4.81. The molecule has 24 heavy (non-hydrogen) atoms. The molecule has 4 N–H and O–H groups in total. The molecular formula is C17H21N3O3S. The fourth-order valence-corrected chi connectivity index (χ4v) is 2.65. The van der Waals surface area contributed by atoms with Crippen LogP contribution in [-0.4, -0.2) is 20.4 Å². The Morgan fingerprint density at radius 1 is 1.04 bits per heavy atom. The van der Waals surface area contributed by atoms with Crippen molar-refractivity contribution >= 4 is 27.3 Å². The number of nitrogens with two attached hydrogens (primary N) is 1. The summed E-state index contributed by atoms with van der Waals surface area (Å²) >= 11 is 0. The van der Waals surface area contributed by atoms with Crippen LogP contribution in [0.2, 0.25) is 0 Å². The topological polar surface area (TPSA) is 101 Å². The summed E-state index contributed by atoms with van der Waals surface area (Å²) in [6.45, 7) is 3.83. The molecule has 7 heteroatoms. The van der Waals surface area contributed by atoms with E-state index >= 15 is 0 Å². The second kappa shape index (κ2) is 7.46. The molecule has 0 aliphatic heterocycles. The molecule has 0 bridgehead atoms. The molecule has 2 aromatic carbocycles. The monoisotopic (exact) mass is 347 g/mol. The van der Waals surface area contributed by atoms with Gasteiger partial charge in [-0.15, -0.1) is 0 Å². The van der Waals surface area contributed by atoms with Gasteiger partial charge >= 0.3 is 0 Å². The molecule has 0 fully saturated rings. The van der Waals surface area contributed by atoms with Crippen LogP contribution in [0.1, 0.15) is 19.4 Å². The minimum Gasteiger partial charge on any atom is -0.374 e. The van der Waals surface area contributed by atoms with Crippen molar-refractivity contribution in [2.45, 2.75) is 31.2 Å². The average molecular weight is 347 g/mol. The van der Waals surface area contributed by atoms with Crippen molar-refractivity contribution in [3.05, 3.63) is 54.1 Å². The maximum Gasteiger partial charge on any atom is 0.246 e. The van der Waals surface area contributed by atoms with Gasteiger partial charge in [0.15, 0.2) is 0 Å². The van der Waals surface area contributed by atoms with Crippen molar-refractivity contribution in [1.82, 2.24) is 0 Å². The summed E-state index contributed by atoms with van der Waals surface area (Å²) in [7, 11) is -3.74. The van der Waals surface area contributed by atoms with E-state index in [-0.39, 0.29) is 10.8 Å². The Bertz CT molecular complexity index is 800. The number of primary sulfonamides is 1. The molecule has 0 heterocycles. The van der Waals surface area contributed by atoms with Crippen molar-refractivity contribution in [1.29, 1.82) is 0 Å². The quantitative estimate of drug-likeness (QED) is 0.746. The van der Waals surface area contributed by atoms with E-state index in [0.29, 0.717) is 5.69 Å². The number of rotatable bonds is 6. The lowest BCUT2D eigenvalue weighted by Crippen LogP contribution is -2.31. The number of amides is 1. The van der Waals surface area contributed by atoms with Crippen LogP contribution in [0.4, 0.5) is 11.4 Å². The molecule has 128 valence electrons. The largest absolute Gasteiger partial charge is 0.374 e. The summed E-state index contributed by atoms with van der Waals surface area (Å²) in [6.07, 6.45) is 0.963. The van der Waals surface area contributed by atoms with Gasteiger partial charge in [0.25, 0.3) is 0 Å². The fourth-order valence-electron chi connectivity index (χ4n) is 2.13. The lowest BCUT2D eigenvalue weighted by atomic mass is 10.1. The van der Waals surface area contributed by atoms with Gasteiger partial charge in [0, 0.05) is 11.4 Å². The maximum absolute atomic E-state index is 12.2. The standard InChI is InChI=1S/C17H21N3O3S/c1-3-13-4-6-14(7-5-13)19-12(2)17(21)20-15-8-10-16(11-9-15)24(18,22)23/h4-12,19H,3H2,1-2H3,(H,20,21)(H2,18,22,23)/t12-/m1/s1. The Morgan fingerprint density at radius 3 is 2.08 bits per heavy atom. The molecule has 0 saturated heterocycles. The molecule has 0 aliphatic rings. The van der Waals surface area contributed by atoms with Gasteiger partial charge < -0.3 is 10.6 Å². The Labute approximate surface area is 142 Å². The van der Waals surface area contributed by atoms with Crippen molar-refractivity contribution < 1.29 is 13.2 Å². The minimum atomic E-state index is -3.74. The first-order chi connectivity index (χ1) is 11.3. The van der Waals surface area contributed by atoms with Crippen LogP contribution in [0.15, 0.2) is 53.4 Å². The van der Waals surface area contributed by atoms with Crippen molar-refractivity contribution in [2.24, 2.45) is 5.14 Å². The predicted molar refractivity (Wildman–Crippen MR) is 95.3 cm³/mol. The highest BCUT2D eigenvalue weighted by Gasteiger charge is 2.13. The van der Waals surface area contributed by atoms with Gasteiger partial charge in [-0.2, -0.15) is 0 Å². The number of aryl methyl sites for hydroxylation is 1. The molecule has 2 aromatic rings. The van der Waals surface area contributed by atoms with E-state index in [1.165, 1.54) is 29.8 Å². The van der Waals surface area contributed by atoms with E-state index in [4.69, 9.17) is 5.14 Å². The van der Waals surface area contributed by atoms with Gasteiger partial charge in [-0.05, 0) is 55.3 Å². The first-order valence-corrected chi connectivity index (χ1v) is 9.13. The molecule has 6 nitrogen and oxygen atoms in total. The number of sulfonamides is 1. The number of anilines is 2. The Balaban J connectivity index is 1.98. The van der Waals surface area contributed by atoms with Crippen LogP contribution in [0.25, 0.3) is 0 Å². The van der Waals surface area contributed by atoms with Gasteiger partial charge in [-0.25, -0.2) is 13.6 Å². The predicted octanol–water partition coefficient (Wildman–Crippen LogP) is 2.34. The zero-order valence-electron chi connectivity index (χ0n) is 13.6. The molecule has 0 aliphatic carbocycles. The molecule has 1 amide bonds. The lowest BCUT2D eigenvalue weighted by Gasteiger charge is -2.15. The van der Waals surface area contributed by atoms with E-state index in [9.17, 15) is 13.2 Å². The van der Waals surface area contributed by atoms with Crippen LogP contribution in [0.3, 0.4) is 0 Å². The maximum atomic E-state index is 12.2. The number of carbonyl (C=O) groups excluding carboxylic acids is 1. The fraction of sp³-hybridized carbons (Fsp3) is 0.235. The second-order valence-corrected chi connectivity index (χ2v) is 7.04. The number of benzene rings is 2. The van der Waals surface area contributed by atoms with Gasteiger partial charge in [0.1, 0.15) is 6.04 Å². The first-order valence-electron chi connectivity index (χ1n) is 7.59. The SMILES string of the molecule is CCc1ccc(N[C@H](C)C(=O)Nc2ccc(S(N)(=O)=O)cc2)cc1. The van der Waals surface area contributed by atoms with E-state index in [1.807, 2.05) is 24.3 Å². The van der Waals surface area contributed by atoms with Crippen molar-refractivity contribution in [2.75, 3.05) is 10.6 Å². The summed E-state index contributed by atoms with van der Waals surface area (Å²) < 4.78 is 22.4. The molecule has 0 saturated carbocycles. The zero-order chi connectivity index (χ0) is 17.7. The molecule has 0 unspecified atom stereocenters. The molecule has 0 aromatic heterocycles. The third-order valence-electron chi connectivity index (χ3n) is 3.59. The molecule has 2 rings (SSSR count). The third-order valence-corrected chi connectivity index (χ3v) is 4.52. The van der Waals surface area contributed by atoms with Crippen LogP contribution in [-0.2, 0) is 21.2 Å². The van der Waals surface area contributed by atoms with Gasteiger partial charge in [0.05, 0.1) is 4.90 Å². The van der Waals surface area contributed by atoms with Crippen molar-refractivity contribution in [3.63, 3.8) is 0 Å². The molecule has 0 spiro atoms. The number of nitrogens with one attached hydrogen (secondary N) is 2. The van der Waals surface area contributed by atoms with Crippen LogP contribution < -0.4 is 15.8 Å². The molecular weight excluding hydrogens is 326 g/mol. The highest BCUT2D eigenvalue weighted by Crippen LogP contribution is 2.15. The second-order valence-electron chi connectivity index (χ2n) is 5.48. The van der Waals surface area contributed by atoms with Crippen LogP contribution >= 0.6 is 0 Å². The highest BCUT2D eigenvalue weighted by atomic mass is 32.2. The summed E-state index contributed by atoms with van der Waals surface area (Å²) in [5, 5.41) is 10.9. The molecule has 1 atom stereocenters. The summed E-state index contributed by atoms with van der Waals surface area (Å²) in [5.74, 6) is -0.224. The van der Waals surface area contributed by atoms with Gasteiger partial charge in [-0.3, -0.25) is 4.79 Å².